The summed E-state index contributed by atoms with van der Waals surface area (Å²) in [6.45, 7) is 6.30. The van der Waals surface area contributed by atoms with Gasteiger partial charge in [0.1, 0.15) is 5.75 Å². The summed E-state index contributed by atoms with van der Waals surface area (Å²) in [6.07, 6.45) is 2.21. The van der Waals surface area contributed by atoms with Crippen LogP contribution in [0.1, 0.15) is 55.5 Å². The zero-order valence-electron chi connectivity index (χ0n) is 13.1. The largest absolute Gasteiger partial charge is 0.508 e. The third-order valence-electron chi connectivity index (χ3n) is 3.88. The molecule has 112 valence electrons. The molecule has 2 atom stereocenters. The second kappa shape index (κ2) is 7.28. The average Bonchev–Trinajstić information content (AvgIpc) is 2.47. The molecule has 0 radical (unpaired) electrons. The average molecular weight is 283 g/mol. The number of phenolic OH excluding ortho intramolecular Hbond substituents is 1. The van der Waals surface area contributed by atoms with Crippen molar-refractivity contribution >= 4 is 0 Å². The predicted molar refractivity (Wildman–Crippen MR) is 88.5 cm³/mol. The monoisotopic (exact) mass is 283 g/mol. The summed E-state index contributed by atoms with van der Waals surface area (Å²) >= 11 is 0. The van der Waals surface area contributed by atoms with E-state index in [1.54, 1.807) is 0 Å². The Morgan fingerprint density at radius 3 is 2.43 bits per heavy atom. The Morgan fingerprint density at radius 2 is 1.81 bits per heavy atom. The van der Waals surface area contributed by atoms with Crippen molar-refractivity contribution in [3.05, 3.63) is 65.2 Å². The minimum Gasteiger partial charge on any atom is -0.508 e. The van der Waals surface area contributed by atoms with Gasteiger partial charge < -0.3 is 10.4 Å². The molecule has 0 bridgehead atoms. The molecule has 2 nitrogen and oxygen atoms in total. The third-order valence-corrected chi connectivity index (χ3v) is 3.88. The van der Waals surface area contributed by atoms with Crippen LogP contribution in [0.4, 0.5) is 0 Å². The number of aromatic hydroxyl groups is 1. The molecule has 0 aliphatic rings. The summed E-state index contributed by atoms with van der Waals surface area (Å²) in [7, 11) is 0. The fourth-order valence-corrected chi connectivity index (χ4v) is 2.73. The summed E-state index contributed by atoms with van der Waals surface area (Å²) in [5, 5.41) is 13.8. The zero-order chi connectivity index (χ0) is 15.2. The molecule has 0 aliphatic carbocycles. The first-order chi connectivity index (χ1) is 10.1. The summed E-state index contributed by atoms with van der Waals surface area (Å²) in [6, 6.07) is 16.8. The van der Waals surface area contributed by atoms with Crippen molar-refractivity contribution in [2.45, 2.75) is 45.7 Å². The van der Waals surface area contributed by atoms with Crippen LogP contribution in [0.2, 0.25) is 0 Å². The Labute approximate surface area is 127 Å². The van der Waals surface area contributed by atoms with Gasteiger partial charge in [-0.1, -0.05) is 55.8 Å². The molecule has 0 saturated carbocycles. The van der Waals surface area contributed by atoms with Crippen LogP contribution in [0.15, 0.2) is 48.5 Å². The lowest BCUT2D eigenvalue weighted by atomic mass is 9.99. The van der Waals surface area contributed by atoms with Gasteiger partial charge >= 0.3 is 0 Å². The molecule has 2 heteroatoms. The zero-order valence-corrected chi connectivity index (χ0v) is 13.1. The van der Waals surface area contributed by atoms with Crippen LogP contribution in [0, 0.1) is 6.92 Å². The van der Waals surface area contributed by atoms with Crippen molar-refractivity contribution in [2.75, 3.05) is 0 Å². The summed E-state index contributed by atoms with van der Waals surface area (Å²) in [5.74, 6) is 0.373. The maximum Gasteiger partial charge on any atom is 0.120 e. The fourth-order valence-electron chi connectivity index (χ4n) is 2.73. The maximum atomic E-state index is 10.1. The summed E-state index contributed by atoms with van der Waals surface area (Å²) in [5.41, 5.74) is 3.34. The first-order valence-corrected chi connectivity index (χ1v) is 7.72. The lowest BCUT2D eigenvalue weighted by Crippen LogP contribution is -2.24. The van der Waals surface area contributed by atoms with Crippen LogP contribution in [0.3, 0.4) is 0 Å². The van der Waals surface area contributed by atoms with Crippen LogP contribution >= 0.6 is 0 Å². The van der Waals surface area contributed by atoms with E-state index in [9.17, 15) is 5.11 Å². The van der Waals surface area contributed by atoms with Crippen LogP contribution in [-0.4, -0.2) is 5.11 Å². The van der Waals surface area contributed by atoms with E-state index in [2.05, 4.69) is 43.4 Å². The molecule has 0 amide bonds. The lowest BCUT2D eigenvalue weighted by molar-refractivity contribution is 0.415. The van der Waals surface area contributed by atoms with Crippen molar-refractivity contribution in [1.29, 1.82) is 0 Å². The Kier molecular flexibility index (Phi) is 5.40. The molecule has 0 aromatic heterocycles. The van der Waals surface area contributed by atoms with Gasteiger partial charge in [0, 0.05) is 17.6 Å². The van der Waals surface area contributed by atoms with Gasteiger partial charge in [0.2, 0.25) is 0 Å². The minimum atomic E-state index is 0.113. The second-order valence-corrected chi connectivity index (χ2v) is 5.70. The normalized spacial score (nSPS) is 13.9. The molecule has 2 N–H and O–H groups in total. The predicted octanol–water partition coefficient (Wildman–Crippen LogP) is 4.89. The summed E-state index contributed by atoms with van der Waals surface area (Å²) in [4.78, 5) is 0. The van der Waals surface area contributed by atoms with Crippen LogP contribution in [-0.2, 0) is 0 Å². The van der Waals surface area contributed by atoms with Crippen molar-refractivity contribution in [1.82, 2.24) is 5.32 Å². The first kappa shape index (κ1) is 15.6. The van der Waals surface area contributed by atoms with Crippen molar-refractivity contribution in [3.8, 4) is 5.75 Å². The van der Waals surface area contributed by atoms with Crippen molar-refractivity contribution < 1.29 is 5.11 Å². The number of aryl methyl sites for hydroxylation is 1. The van der Waals surface area contributed by atoms with Gasteiger partial charge in [-0.15, -0.1) is 0 Å². The van der Waals surface area contributed by atoms with E-state index in [0.29, 0.717) is 11.8 Å². The number of hydrogen-bond acceptors (Lipinski definition) is 2. The maximum absolute atomic E-state index is 10.1. The van der Waals surface area contributed by atoms with Crippen LogP contribution < -0.4 is 5.32 Å². The van der Waals surface area contributed by atoms with Gasteiger partial charge in [-0.25, -0.2) is 0 Å². The Hall–Kier alpha value is -1.80. The highest BCUT2D eigenvalue weighted by Crippen LogP contribution is 2.28. The highest BCUT2D eigenvalue weighted by Gasteiger charge is 2.16. The van der Waals surface area contributed by atoms with Crippen LogP contribution in [0.25, 0.3) is 0 Å². The van der Waals surface area contributed by atoms with Gasteiger partial charge in [0.15, 0.2) is 0 Å². The first-order valence-electron chi connectivity index (χ1n) is 7.72. The molecule has 21 heavy (non-hydrogen) atoms. The lowest BCUT2D eigenvalue weighted by Gasteiger charge is -2.24. The highest BCUT2D eigenvalue weighted by molar-refractivity contribution is 5.38. The molecule has 0 spiro atoms. The van der Waals surface area contributed by atoms with E-state index in [0.717, 1.165) is 24.0 Å². The van der Waals surface area contributed by atoms with Gasteiger partial charge in [0.25, 0.3) is 0 Å². The van der Waals surface area contributed by atoms with E-state index in [-0.39, 0.29) is 6.04 Å². The number of nitrogens with one attached hydrogen (secondary N) is 1. The Balaban J connectivity index is 2.16. The molecular weight excluding hydrogens is 258 g/mol. The van der Waals surface area contributed by atoms with Gasteiger partial charge in [-0.2, -0.15) is 0 Å². The molecule has 2 aromatic carbocycles. The third kappa shape index (κ3) is 4.08. The number of phenols is 1. The molecule has 0 heterocycles. The Bertz CT molecular complexity index is 565. The molecule has 2 rings (SSSR count). The van der Waals surface area contributed by atoms with E-state index in [1.165, 1.54) is 5.56 Å². The number of rotatable bonds is 6. The minimum absolute atomic E-state index is 0.113. The SMILES string of the molecule is CCCC(NC(C)c1ccc(C)cc1O)c1ccccc1. The van der Waals surface area contributed by atoms with Gasteiger partial charge in [-0.3, -0.25) is 0 Å². The van der Waals surface area contributed by atoms with E-state index in [1.807, 2.05) is 31.2 Å². The van der Waals surface area contributed by atoms with Crippen LogP contribution in [0.5, 0.6) is 5.75 Å². The Morgan fingerprint density at radius 1 is 1.10 bits per heavy atom. The molecule has 2 unspecified atom stereocenters. The number of benzene rings is 2. The van der Waals surface area contributed by atoms with E-state index >= 15 is 0 Å². The molecule has 0 saturated heterocycles. The molecular formula is C19H25NO. The standard InChI is InChI=1S/C19H25NO/c1-4-8-18(16-9-6-5-7-10-16)20-15(3)17-12-11-14(2)13-19(17)21/h5-7,9-13,15,18,20-21H,4,8H2,1-3H3. The second-order valence-electron chi connectivity index (χ2n) is 5.70. The van der Waals surface area contributed by atoms with Crippen molar-refractivity contribution in [3.63, 3.8) is 0 Å². The molecule has 2 aromatic rings. The van der Waals surface area contributed by atoms with Gasteiger partial charge in [0.05, 0.1) is 0 Å². The molecule has 0 aliphatic heterocycles. The van der Waals surface area contributed by atoms with Gasteiger partial charge in [-0.05, 0) is 37.5 Å². The number of hydrogen-bond donors (Lipinski definition) is 2. The highest BCUT2D eigenvalue weighted by atomic mass is 16.3. The van der Waals surface area contributed by atoms with Crippen molar-refractivity contribution in [2.24, 2.45) is 0 Å². The smallest absolute Gasteiger partial charge is 0.120 e. The summed E-state index contributed by atoms with van der Waals surface area (Å²) < 4.78 is 0. The van der Waals surface area contributed by atoms with E-state index in [4.69, 9.17) is 0 Å². The van der Waals surface area contributed by atoms with E-state index < -0.39 is 0 Å². The fraction of sp³-hybridized carbons (Fsp3) is 0.368. The quantitative estimate of drug-likeness (QED) is 0.791. The topological polar surface area (TPSA) is 32.3 Å². The molecule has 0 fully saturated rings.